The summed E-state index contributed by atoms with van der Waals surface area (Å²) >= 11 is 0. The van der Waals surface area contributed by atoms with Gasteiger partial charge in [-0.25, -0.2) is 0 Å². The maximum atomic E-state index is 10.1. The molecule has 1 aromatic carbocycles. The summed E-state index contributed by atoms with van der Waals surface area (Å²) in [5.41, 5.74) is 0.906. The molecule has 1 aromatic rings. The largest absolute Gasteiger partial charge is 0.390 e. The number of methoxy groups -OCH3 is 1. The Labute approximate surface area is 90.9 Å². The van der Waals surface area contributed by atoms with E-state index in [2.05, 4.69) is 0 Å². The number of rotatable bonds is 4. The fourth-order valence-electron chi connectivity index (χ4n) is 2.22. The molecule has 1 N–H and O–H groups in total. The SMILES string of the molecule is COC1(C(O)Cc2ccccc2)CCC1. The van der Waals surface area contributed by atoms with Crippen LogP contribution >= 0.6 is 0 Å². The Morgan fingerprint density at radius 2 is 2.00 bits per heavy atom. The van der Waals surface area contributed by atoms with E-state index in [1.54, 1.807) is 7.11 Å². The van der Waals surface area contributed by atoms with E-state index in [9.17, 15) is 5.11 Å². The van der Waals surface area contributed by atoms with Gasteiger partial charge in [0.25, 0.3) is 0 Å². The van der Waals surface area contributed by atoms with Gasteiger partial charge in [-0.3, -0.25) is 0 Å². The van der Waals surface area contributed by atoms with Crippen LogP contribution in [0.1, 0.15) is 24.8 Å². The second kappa shape index (κ2) is 4.33. The third-order valence-corrected chi connectivity index (χ3v) is 3.49. The maximum absolute atomic E-state index is 10.1. The van der Waals surface area contributed by atoms with E-state index in [0.717, 1.165) is 12.8 Å². The third-order valence-electron chi connectivity index (χ3n) is 3.49. The first-order valence-electron chi connectivity index (χ1n) is 5.54. The molecule has 2 heteroatoms. The van der Waals surface area contributed by atoms with Crippen molar-refractivity contribution in [2.75, 3.05) is 7.11 Å². The Kier molecular flexibility index (Phi) is 3.08. The highest BCUT2D eigenvalue weighted by Gasteiger charge is 2.43. The molecule has 0 amide bonds. The molecule has 0 heterocycles. The van der Waals surface area contributed by atoms with Crippen LogP contribution in [-0.2, 0) is 11.2 Å². The van der Waals surface area contributed by atoms with Crippen molar-refractivity contribution >= 4 is 0 Å². The molecule has 0 spiro atoms. The molecule has 1 aliphatic rings. The molecule has 1 unspecified atom stereocenters. The lowest BCUT2D eigenvalue weighted by atomic mass is 9.74. The summed E-state index contributed by atoms with van der Waals surface area (Å²) in [5.74, 6) is 0. The number of ether oxygens (including phenoxy) is 1. The summed E-state index contributed by atoms with van der Waals surface area (Å²) < 4.78 is 5.46. The van der Waals surface area contributed by atoms with Gasteiger partial charge in [0, 0.05) is 13.5 Å². The molecule has 2 nitrogen and oxygen atoms in total. The molecular weight excluding hydrogens is 188 g/mol. The summed E-state index contributed by atoms with van der Waals surface area (Å²) in [6, 6.07) is 10.1. The summed E-state index contributed by atoms with van der Waals surface area (Å²) in [7, 11) is 1.70. The smallest absolute Gasteiger partial charge is 0.0939 e. The minimum atomic E-state index is -0.376. The van der Waals surface area contributed by atoms with E-state index >= 15 is 0 Å². The van der Waals surface area contributed by atoms with Crippen LogP contribution in [0.3, 0.4) is 0 Å². The van der Waals surface area contributed by atoms with Crippen molar-refractivity contribution in [3.05, 3.63) is 35.9 Å². The van der Waals surface area contributed by atoms with Crippen molar-refractivity contribution in [3.63, 3.8) is 0 Å². The topological polar surface area (TPSA) is 29.5 Å². The lowest BCUT2D eigenvalue weighted by molar-refractivity contribution is -0.148. The normalized spacial score (nSPS) is 20.7. The first-order chi connectivity index (χ1) is 7.27. The predicted molar refractivity (Wildman–Crippen MR) is 59.7 cm³/mol. The molecule has 0 aromatic heterocycles. The van der Waals surface area contributed by atoms with E-state index in [-0.39, 0.29) is 11.7 Å². The zero-order chi connectivity index (χ0) is 10.7. The van der Waals surface area contributed by atoms with Gasteiger partial charge in [-0.1, -0.05) is 30.3 Å². The molecule has 1 aliphatic carbocycles. The summed E-state index contributed by atoms with van der Waals surface area (Å²) in [5, 5.41) is 10.1. The first kappa shape index (κ1) is 10.7. The van der Waals surface area contributed by atoms with Gasteiger partial charge >= 0.3 is 0 Å². The van der Waals surface area contributed by atoms with E-state index in [0.29, 0.717) is 6.42 Å². The van der Waals surface area contributed by atoms with Crippen molar-refractivity contribution in [1.29, 1.82) is 0 Å². The van der Waals surface area contributed by atoms with Crippen molar-refractivity contribution in [1.82, 2.24) is 0 Å². The van der Waals surface area contributed by atoms with Gasteiger partial charge in [0.15, 0.2) is 0 Å². The summed E-state index contributed by atoms with van der Waals surface area (Å²) in [6.07, 6.45) is 3.45. The van der Waals surface area contributed by atoms with E-state index in [1.807, 2.05) is 30.3 Å². The van der Waals surface area contributed by atoms with Crippen LogP contribution in [0.5, 0.6) is 0 Å². The molecular formula is C13H18O2. The molecule has 0 bridgehead atoms. The molecule has 1 saturated carbocycles. The van der Waals surface area contributed by atoms with Gasteiger partial charge in [-0.15, -0.1) is 0 Å². The van der Waals surface area contributed by atoms with Gasteiger partial charge in [0.05, 0.1) is 11.7 Å². The maximum Gasteiger partial charge on any atom is 0.0939 e. The highest BCUT2D eigenvalue weighted by atomic mass is 16.5. The zero-order valence-electron chi connectivity index (χ0n) is 9.15. The van der Waals surface area contributed by atoms with Crippen LogP contribution in [0.25, 0.3) is 0 Å². The molecule has 0 radical (unpaired) electrons. The molecule has 0 aliphatic heterocycles. The van der Waals surface area contributed by atoms with Crippen LogP contribution in [0.15, 0.2) is 30.3 Å². The highest BCUT2D eigenvalue weighted by molar-refractivity contribution is 5.17. The van der Waals surface area contributed by atoms with Crippen LogP contribution in [0.2, 0.25) is 0 Å². The summed E-state index contributed by atoms with van der Waals surface area (Å²) in [6.45, 7) is 0. The standard InChI is InChI=1S/C13H18O2/c1-15-13(8-5-9-13)12(14)10-11-6-3-2-4-7-11/h2-4,6-7,12,14H,5,8-10H2,1H3. The number of benzene rings is 1. The average molecular weight is 206 g/mol. The minimum Gasteiger partial charge on any atom is -0.390 e. The summed E-state index contributed by atoms with van der Waals surface area (Å²) in [4.78, 5) is 0. The third kappa shape index (κ3) is 2.06. The van der Waals surface area contributed by atoms with Crippen molar-refractivity contribution < 1.29 is 9.84 Å². The lowest BCUT2D eigenvalue weighted by Crippen LogP contribution is -2.50. The van der Waals surface area contributed by atoms with Gasteiger partial charge in [0.2, 0.25) is 0 Å². The second-order valence-corrected chi connectivity index (χ2v) is 4.33. The van der Waals surface area contributed by atoms with E-state index < -0.39 is 0 Å². The Balaban J connectivity index is 2.00. The van der Waals surface area contributed by atoms with Crippen LogP contribution in [-0.4, -0.2) is 23.9 Å². The fourth-order valence-corrected chi connectivity index (χ4v) is 2.22. The predicted octanol–water partition coefficient (Wildman–Crippen LogP) is 2.16. The van der Waals surface area contributed by atoms with Gasteiger partial charge in [-0.05, 0) is 24.8 Å². The molecule has 1 fully saturated rings. The Bertz CT molecular complexity index is 298. The van der Waals surface area contributed by atoms with E-state index in [4.69, 9.17) is 4.74 Å². The molecule has 82 valence electrons. The van der Waals surface area contributed by atoms with Crippen molar-refractivity contribution in [2.24, 2.45) is 0 Å². The quantitative estimate of drug-likeness (QED) is 0.818. The number of aliphatic hydroxyl groups is 1. The monoisotopic (exact) mass is 206 g/mol. The van der Waals surface area contributed by atoms with Crippen LogP contribution < -0.4 is 0 Å². The number of hydrogen-bond acceptors (Lipinski definition) is 2. The van der Waals surface area contributed by atoms with Crippen molar-refractivity contribution in [2.45, 2.75) is 37.4 Å². The first-order valence-corrected chi connectivity index (χ1v) is 5.54. The molecule has 2 rings (SSSR count). The Morgan fingerprint density at radius 3 is 2.47 bits per heavy atom. The average Bonchev–Trinajstić information content (AvgIpc) is 2.18. The van der Waals surface area contributed by atoms with Crippen LogP contribution in [0, 0.1) is 0 Å². The molecule has 15 heavy (non-hydrogen) atoms. The van der Waals surface area contributed by atoms with Gasteiger partial charge < -0.3 is 9.84 Å². The van der Waals surface area contributed by atoms with Gasteiger partial charge in [0.1, 0.15) is 0 Å². The zero-order valence-corrected chi connectivity index (χ0v) is 9.15. The lowest BCUT2D eigenvalue weighted by Gasteiger charge is -2.44. The fraction of sp³-hybridized carbons (Fsp3) is 0.538. The van der Waals surface area contributed by atoms with Crippen LogP contribution in [0.4, 0.5) is 0 Å². The minimum absolute atomic E-state index is 0.268. The number of aliphatic hydroxyl groups excluding tert-OH is 1. The highest BCUT2D eigenvalue weighted by Crippen LogP contribution is 2.39. The van der Waals surface area contributed by atoms with Crippen molar-refractivity contribution in [3.8, 4) is 0 Å². The Morgan fingerprint density at radius 1 is 1.33 bits per heavy atom. The second-order valence-electron chi connectivity index (χ2n) is 4.33. The Hall–Kier alpha value is -0.860. The number of hydrogen-bond donors (Lipinski definition) is 1. The molecule has 0 saturated heterocycles. The van der Waals surface area contributed by atoms with E-state index in [1.165, 1.54) is 12.0 Å². The van der Waals surface area contributed by atoms with Gasteiger partial charge in [-0.2, -0.15) is 0 Å². The molecule has 1 atom stereocenters.